The lowest BCUT2D eigenvalue weighted by molar-refractivity contribution is -0.130. The van der Waals surface area contributed by atoms with Gasteiger partial charge in [-0.2, -0.15) is 11.8 Å². The molecule has 0 aliphatic carbocycles. The number of aromatic nitrogens is 2. The summed E-state index contributed by atoms with van der Waals surface area (Å²) in [5, 5.41) is 3.07. The van der Waals surface area contributed by atoms with Crippen LogP contribution in [0.2, 0.25) is 0 Å². The first-order chi connectivity index (χ1) is 15.4. The molecule has 7 nitrogen and oxygen atoms in total. The third-order valence-corrected chi connectivity index (χ3v) is 7.57. The highest BCUT2D eigenvalue weighted by Crippen LogP contribution is 2.27. The fourth-order valence-electron chi connectivity index (χ4n) is 4.23. The smallest absolute Gasteiger partial charge is 0.261 e. The number of halogens is 2. The summed E-state index contributed by atoms with van der Waals surface area (Å²) in [6, 6.07) is 1.41. The highest BCUT2D eigenvalue weighted by Gasteiger charge is 2.23. The molecule has 0 atom stereocenters. The lowest BCUT2D eigenvalue weighted by atomic mass is 9.96. The van der Waals surface area contributed by atoms with Crippen LogP contribution < -0.4 is 10.9 Å². The second-order valence-electron chi connectivity index (χ2n) is 8.41. The molecule has 0 saturated carbocycles. The zero-order valence-electron chi connectivity index (χ0n) is 18.1. The van der Waals surface area contributed by atoms with Crippen LogP contribution in [0.1, 0.15) is 38.4 Å². The van der Waals surface area contributed by atoms with Crippen molar-refractivity contribution in [3.63, 3.8) is 0 Å². The van der Waals surface area contributed by atoms with Crippen molar-refractivity contribution in [3.8, 4) is 0 Å². The summed E-state index contributed by atoms with van der Waals surface area (Å²) < 4.78 is 34.7. The molecule has 2 saturated heterocycles. The van der Waals surface area contributed by atoms with Gasteiger partial charge >= 0.3 is 0 Å². The molecule has 1 aromatic carbocycles. The first-order valence-electron chi connectivity index (χ1n) is 11.0. The van der Waals surface area contributed by atoms with Crippen molar-refractivity contribution in [1.29, 1.82) is 0 Å². The zero-order chi connectivity index (χ0) is 22.7. The Kier molecular flexibility index (Phi) is 7.30. The van der Waals surface area contributed by atoms with Crippen LogP contribution in [0.3, 0.4) is 0 Å². The Morgan fingerprint density at radius 2 is 1.97 bits per heavy atom. The third kappa shape index (κ3) is 5.23. The SMILES string of the molecule is CC(=O)N1CCC(CNc2cc3nc(CSC4CCOCC4)[nH]c(=O)c3c(F)c2F)CC1. The van der Waals surface area contributed by atoms with E-state index in [4.69, 9.17) is 4.74 Å². The van der Waals surface area contributed by atoms with Gasteiger partial charge in [-0.3, -0.25) is 9.59 Å². The molecule has 1 aromatic heterocycles. The molecule has 2 N–H and O–H groups in total. The highest BCUT2D eigenvalue weighted by molar-refractivity contribution is 7.99. The monoisotopic (exact) mass is 466 g/mol. The Hall–Kier alpha value is -2.20. The van der Waals surface area contributed by atoms with Gasteiger partial charge in [-0.15, -0.1) is 0 Å². The van der Waals surface area contributed by atoms with E-state index in [0.717, 1.165) is 38.9 Å². The minimum Gasteiger partial charge on any atom is -0.382 e. The van der Waals surface area contributed by atoms with Crippen LogP contribution in [-0.4, -0.2) is 58.9 Å². The molecule has 2 fully saturated rings. The van der Waals surface area contributed by atoms with Crippen molar-refractivity contribution in [1.82, 2.24) is 14.9 Å². The number of hydrogen-bond acceptors (Lipinski definition) is 6. The van der Waals surface area contributed by atoms with E-state index in [0.29, 0.717) is 36.5 Å². The standard InChI is InChI=1S/C22H28F2N4O3S/c1-13(29)28-6-2-14(3-7-28)11-25-17-10-16-19(21(24)20(17)23)22(30)27-18(26-16)12-32-15-4-8-31-9-5-15/h10,14-15,25H,2-9,11-12H2,1H3,(H,26,27,30). The first kappa shape index (κ1) is 23.0. The molecule has 2 aliphatic heterocycles. The fourth-order valence-corrected chi connectivity index (χ4v) is 5.28. The molecular weight excluding hydrogens is 438 g/mol. The molecule has 0 spiro atoms. The summed E-state index contributed by atoms with van der Waals surface area (Å²) in [6.45, 7) is 4.81. The number of benzene rings is 1. The van der Waals surface area contributed by atoms with Gasteiger partial charge in [0.15, 0.2) is 11.6 Å². The number of carbonyl (C=O) groups is 1. The first-order valence-corrected chi connectivity index (χ1v) is 12.1. The summed E-state index contributed by atoms with van der Waals surface area (Å²) in [4.78, 5) is 32.7. The maximum absolute atomic E-state index is 14.7. The number of nitrogens with zero attached hydrogens (tertiary/aromatic N) is 2. The van der Waals surface area contributed by atoms with E-state index in [1.807, 2.05) is 0 Å². The van der Waals surface area contributed by atoms with Crippen molar-refractivity contribution in [2.45, 2.75) is 43.6 Å². The van der Waals surface area contributed by atoms with Crippen molar-refractivity contribution in [2.75, 3.05) is 38.2 Å². The zero-order valence-corrected chi connectivity index (χ0v) is 18.9. The number of likely N-dealkylation sites (tertiary alicyclic amines) is 1. The van der Waals surface area contributed by atoms with E-state index >= 15 is 0 Å². The van der Waals surface area contributed by atoms with Gasteiger partial charge in [0.2, 0.25) is 5.91 Å². The fraction of sp³-hybridized carbons (Fsp3) is 0.591. The number of nitrogens with one attached hydrogen (secondary N) is 2. The van der Waals surface area contributed by atoms with Crippen LogP contribution in [0, 0.1) is 17.6 Å². The molecule has 2 aromatic rings. The Morgan fingerprint density at radius 3 is 2.66 bits per heavy atom. The average Bonchev–Trinajstić information content (AvgIpc) is 2.79. The van der Waals surface area contributed by atoms with Gasteiger partial charge in [-0.1, -0.05) is 0 Å². The Labute approximate surface area is 189 Å². The van der Waals surface area contributed by atoms with Crippen LogP contribution in [0.5, 0.6) is 0 Å². The van der Waals surface area contributed by atoms with E-state index in [1.54, 1.807) is 23.6 Å². The van der Waals surface area contributed by atoms with Gasteiger partial charge in [-0.05, 0) is 37.7 Å². The lowest BCUT2D eigenvalue weighted by Gasteiger charge is -2.31. The van der Waals surface area contributed by atoms with E-state index in [9.17, 15) is 18.4 Å². The third-order valence-electron chi connectivity index (χ3n) is 6.19. The van der Waals surface area contributed by atoms with Crippen LogP contribution in [0.15, 0.2) is 10.9 Å². The van der Waals surface area contributed by atoms with Crippen LogP contribution in [0.4, 0.5) is 14.5 Å². The number of aromatic amines is 1. The normalized spacial score (nSPS) is 18.3. The number of hydrogen-bond donors (Lipinski definition) is 2. The summed E-state index contributed by atoms with van der Waals surface area (Å²) >= 11 is 1.69. The number of carbonyl (C=O) groups excluding carboxylic acids is 1. The average molecular weight is 467 g/mol. The van der Waals surface area contributed by atoms with E-state index in [1.165, 1.54) is 6.07 Å². The van der Waals surface area contributed by atoms with Gasteiger partial charge in [0, 0.05) is 45.0 Å². The number of thioether (sulfide) groups is 1. The number of anilines is 1. The minimum absolute atomic E-state index is 0.00475. The van der Waals surface area contributed by atoms with Crippen molar-refractivity contribution >= 4 is 34.3 Å². The second kappa shape index (κ2) is 10.2. The van der Waals surface area contributed by atoms with Crippen LogP contribution in [-0.2, 0) is 15.3 Å². The van der Waals surface area contributed by atoms with Gasteiger partial charge in [-0.25, -0.2) is 13.8 Å². The summed E-state index contributed by atoms with van der Waals surface area (Å²) in [6.07, 6.45) is 3.50. The molecule has 1 amide bonds. The number of rotatable bonds is 6. The predicted octanol–water partition coefficient (Wildman–Crippen LogP) is 3.28. The molecule has 10 heteroatoms. The lowest BCUT2D eigenvalue weighted by Crippen LogP contribution is -2.38. The molecule has 0 unspecified atom stereocenters. The largest absolute Gasteiger partial charge is 0.382 e. The summed E-state index contributed by atoms with van der Waals surface area (Å²) in [7, 11) is 0. The number of fused-ring (bicyclic) bond motifs is 1. The van der Waals surface area contributed by atoms with Gasteiger partial charge < -0.3 is 19.9 Å². The molecular formula is C22H28F2N4O3S. The summed E-state index contributed by atoms with van der Waals surface area (Å²) in [5.41, 5.74) is -0.522. The molecule has 4 rings (SSSR count). The summed E-state index contributed by atoms with van der Waals surface area (Å²) in [5.74, 6) is -1.01. The van der Waals surface area contributed by atoms with E-state index < -0.39 is 17.2 Å². The highest BCUT2D eigenvalue weighted by atomic mass is 32.2. The van der Waals surface area contributed by atoms with Gasteiger partial charge in [0.25, 0.3) is 5.56 Å². The molecule has 32 heavy (non-hydrogen) atoms. The number of H-pyrrole nitrogens is 1. The van der Waals surface area contributed by atoms with Gasteiger partial charge in [0.1, 0.15) is 11.2 Å². The Balaban J connectivity index is 1.47. The molecule has 2 aliphatic rings. The van der Waals surface area contributed by atoms with E-state index in [2.05, 4.69) is 15.3 Å². The maximum Gasteiger partial charge on any atom is 0.261 e. The van der Waals surface area contributed by atoms with E-state index in [-0.39, 0.29) is 28.4 Å². The van der Waals surface area contributed by atoms with Crippen molar-refractivity contribution < 1.29 is 18.3 Å². The van der Waals surface area contributed by atoms with Crippen LogP contribution in [0.25, 0.3) is 10.9 Å². The predicted molar refractivity (Wildman–Crippen MR) is 121 cm³/mol. The maximum atomic E-state index is 14.7. The second-order valence-corrected chi connectivity index (χ2v) is 9.70. The quantitative estimate of drug-likeness (QED) is 0.680. The topological polar surface area (TPSA) is 87.3 Å². The number of amides is 1. The molecule has 3 heterocycles. The van der Waals surface area contributed by atoms with Gasteiger partial charge in [0.05, 0.1) is 17.0 Å². The number of ether oxygens (including phenoxy) is 1. The van der Waals surface area contributed by atoms with Crippen molar-refractivity contribution in [2.24, 2.45) is 5.92 Å². The molecule has 0 bridgehead atoms. The molecule has 0 radical (unpaired) electrons. The molecule has 174 valence electrons. The Bertz CT molecular complexity index is 1030. The van der Waals surface area contributed by atoms with Crippen LogP contribution >= 0.6 is 11.8 Å². The number of piperidine rings is 1. The van der Waals surface area contributed by atoms with Crippen molar-refractivity contribution in [3.05, 3.63) is 33.9 Å². The Morgan fingerprint density at radius 1 is 1.25 bits per heavy atom. The minimum atomic E-state index is -1.19.